The van der Waals surface area contributed by atoms with Gasteiger partial charge in [0.15, 0.2) is 0 Å². The quantitative estimate of drug-likeness (QED) is 0.636. The van der Waals surface area contributed by atoms with E-state index in [1.54, 1.807) is 18.2 Å². The highest BCUT2D eigenvalue weighted by atomic mass is 35.5. The fraction of sp³-hybridized carbons (Fsp3) is 0.0667. The molecule has 0 heterocycles. The normalized spacial score (nSPS) is 10.6. The number of hydrogen-bond donors (Lipinski definition) is 2. The summed E-state index contributed by atoms with van der Waals surface area (Å²) < 4.78 is 0. The topological polar surface area (TPSA) is 53.5 Å². The fourth-order valence-corrected chi connectivity index (χ4v) is 1.93. The smallest absolute Gasteiger partial charge is 0.306 e. The van der Waals surface area contributed by atoms with Gasteiger partial charge >= 0.3 is 6.03 Å². The molecule has 4 nitrogen and oxygen atoms in total. The molecule has 0 aliphatic rings. The highest BCUT2D eigenvalue weighted by molar-refractivity contribution is 6.42. The highest BCUT2D eigenvalue weighted by Gasteiger charge is 2.02. The van der Waals surface area contributed by atoms with Crippen molar-refractivity contribution in [3.63, 3.8) is 0 Å². The Morgan fingerprint density at radius 3 is 2.62 bits per heavy atom. The first-order chi connectivity index (χ1) is 10.1. The number of hydrogen-bond acceptors (Lipinski definition) is 2. The number of carbonyl (C=O) groups is 1. The van der Waals surface area contributed by atoms with Crippen LogP contribution in [0.1, 0.15) is 11.1 Å². The van der Waals surface area contributed by atoms with Gasteiger partial charge in [0.25, 0.3) is 0 Å². The van der Waals surface area contributed by atoms with E-state index in [0.29, 0.717) is 10.0 Å². The van der Waals surface area contributed by atoms with Crippen LogP contribution >= 0.6 is 23.2 Å². The molecule has 2 aromatic rings. The van der Waals surface area contributed by atoms with Crippen molar-refractivity contribution >= 4 is 41.1 Å². The molecule has 21 heavy (non-hydrogen) atoms. The first-order valence-corrected chi connectivity index (χ1v) is 6.92. The summed E-state index contributed by atoms with van der Waals surface area (Å²) in [5, 5.41) is 7.46. The van der Waals surface area contributed by atoms with Gasteiger partial charge in [0.05, 0.1) is 16.3 Å². The molecule has 0 aliphatic carbocycles. The summed E-state index contributed by atoms with van der Waals surface area (Å²) in [6, 6.07) is 12.1. The van der Waals surface area contributed by atoms with Gasteiger partial charge in [-0.05, 0) is 36.2 Å². The molecule has 2 amide bonds. The van der Waals surface area contributed by atoms with E-state index in [4.69, 9.17) is 23.2 Å². The van der Waals surface area contributed by atoms with Gasteiger partial charge in [-0.1, -0.05) is 47.5 Å². The number of halogens is 2. The summed E-state index contributed by atoms with van der Waals surface area (Å²) in [5.74, 6) is 0. The van der Waals surface area contributed by atoms with Gasteiger partial charge in [-0.25, -0.2) is 10.2 Å². The number of urea groups is 1. The molecule has 6 heteroatoms. The maximum atomic E-state index is 11.7. The maximum absolute atomic E-state index is 11.7. The Balaban J connectivity index is 1.93. The molecule has 2 rings (SSSR count). The SMILES string of the molecule is Cc1ccccc1NC(=O)NN=Cc1ccc(Cl)c(Cl)c1. The molecule has 2 N–H and O–H groups in total. The van der Waals surface area contributed by atoms with Crippen LogP contribution in [0.5, 0.6) is 0 Å². The maximum Gasteiger partial charge on any atom is 0.339 e. The Kier molecular flexibility index (Phi) is 5.20. The largest absolute Gasteiger partial charge is 0.339 e. The number of amides is 2. The summed E-state index contributed by atoms with van der Waals surface area (Å²) in [6.07, 6.45) is 1.49. The molecule has 0 radical (unpaired) electrons. The van der Waals surface area contributed by atoms with Gasteiger partial charge < -0.3 is 5.32 Å². The molecule has 0 saturated carbocycles. The fourth-order valence-electron chi connectivity index (χ4n) is 1.62. The van der Waals surface area contributed by atoms with E-state index in [9.17, 15) is 4.79 Å². The number of carbonyl (C=O) groups excluding carboxylic acids is 1. The zero-order chi connectivity index (χ0) is 15.2. The monoisotopic (exact) mass is 321 g/mol. The minimum Gasteiger partial charge on any atom is -0.306 e. The van der Waals surface area contributed by atoms with Crippen molar-refractivity contribution in [2.75, 3.05) is 5.32 Å². The molecule has 108 valence electrons. The van der Waals surface area contributed by atoms with E-state index >= 15 is 0 Å². The Bertz CT molecular complexity index is 686. The van der Waals surface area contributed by atoms with Crippen LogP contribution in [0.25, 0.3) is 0 Å². The first kappa shape index (κ1) is 15.4. The van der Waals surface area contributed by atoms with Crippen LogP contribution in [-0.4, -0.2) is 12.2 Å². The van der Waals surface area contributed by atoms with Gasteiger partial charge in [0, 0.05) is 5.69 Å². The van der Waals surface area contributed by atoms with E-state index in [1.165, 1.54) is 6.21 Å². The van der Waals surface area contributed by atoms with Crippen LogP contribution in [0.3, 0.4) is 0 Å². The van der Waals surface area contributed by atoms with Crippen molar-refractivity contribution in [3.05, 3.63) is 63.6 Å². The van der Waals surface area contributed by atoms with Gasteiger partial charge in [0.1, 0.15) is 0 Å². The van der Waals surface area contributed by atoms with Crippen LogP contribution in [0, 0.1) is 6.92 Å². The second-order valence-electron chi connectivity index (χ2n) is 4.31. The average Bonchev–Trinajstić information content (AvgIpc) is 2.45. The van der Waals surface area contributed by atoms with Crippen LogP contribution in [-0.2, 0) is 0 Å². The molecule has 0 aliphatic heterocycles. The lowest BCUT2D eigenvalue weighted by Crippen LogP contribution is -2.24. The Morgan fingerprint density at radius 1 is 1.14 bits per heavy atom. The van der Waals surface area contributed by atoms with Crippen molar-refractivity contribution in [2.24, 2.45) is 5.10 Å². The minimum absolute atomic E-state index is 0.416. The number of para-hydroxylation sites is 1. The summed E-state index contributed by atoms with van der Waals surface area (Å²) in [4.78, 5) is 11.7. The van der Waals surface area contributed by atoms with Crippen LogP contribution < -0.4 is 10.7 Å². The van der Waals surface area contributed by atoms with Crippen LogP contribution in [0.4, 0.5) is 10.5 Å². The van der Waals surface area contributed by atoms with E-state index in [1.807, 2.05) is 31.2 Å². The average molecular weight is 322 g/mol. The van der Waals surface area contributed by atoms with Crippen LogP contribution in [0.15, 0.2) is 47.6 Å². The second kappa shape index (κ2) is 7.11. The third-order valence-electron chi connectivity index (χ3n) is 2.72. The highest BCUT2D eigenvalue weighted by Crippen LogP contribution is 2.21. The zero-order valence-electron chi connectivity index (χ0n) is 11.2. The van der Waals surface area contributed by atoms with E-state index < -0.39 is 6.03 Å². The molecule has 0 aromatic heterocycles. The first-order valence-electron chi connectivity index (χ1n) is 6.17. The Morgan fingerprint density at radius 2 is 1.90 bits per heavy atom. The van der Waals surface area contributed by atoms with Crippen molar-refractivity contribution in [1.82, 2.24) is 5.43 Å². The van der Waals surface area contributed by atoms with E-state index in [-0.39, 0.29) is 0 Å². The van der Waals surface area contributed by atoms with E-state index in [0.717, 1.165) is 16.8 Å². The Hall–Kier alpha value is -2.04. The summed E-state index contributed by atoms with van der Waals surface area (Å²) >= 11 is 11.7. The molecule has 0 bridgehead atoms. The summed E-state index contributed by atoms with van der Waals surface area (Å²) in [5.41, 5.74) is 4.83. The molecule has 0 unspecified atom stereocenters. The molecule has 0 spiro atoms. The molecule has 0 fully saturated rings. The molecular weight excluding hydrogens is 309 g/mol. The minimum atomic E-state index is -0.416. The molecule has 0 saturated heterocycles. The molecular formula is C15H13Cl2N3O. The standard InChI is InChI=1S/C15H13Cl2N3O/c1-10-4-2-3-5-14(10)19-15(21)20-18-9-11-6-7-12(16)13(17)8-11/h2-9H,1H3,(H2,19,20,21). The van der Waals surface area contributed by atoms with Gasteiger partial charge in [-0.3, -0.25) is 0 Å². The van der Waals surface area contributed by atoms with Gasteiger partial charge in [0.2, 0.25) is 0 Å². The lowest BCUT2D eigenvalue weighted by molar-refractivity contribution is 0.252. The Labute approximate surface area is 132 Å². The van der Waals surface area contributed by atoms with Gasteiger partial charge in [-0.2, -0.15) is 5.10 Å². The lowest BCUT2D eigenvalue weighted by atomic mass is 10.2. The van der Waals surface area contributed by atoms with Crippen molar-refractivity contribution in [3.8, 4) is 0 Å². The van der Waals surface area contributed by atoms with Crippen LogP contribution in [0.2, 0.25) is 10.0 Å². The number of aryl methyl sites for hydroxylation is 1. The van der Waals surface area contributed by atoms with Crippen molar-refractivity contribution < 1.29 is 4.79 Å². The summed E-state index contributed by atoms with van der Waals surface area (Å²) in [7, 11) is 0. The van der Waals surface area contributed by atoms with Crippen molar-refractivity contribution in [1.29, 1.82) is 0 Å². The predicted octanol–water partition coefficient (Wildman–Crippen LogP) is 4.46. The molecule has 0 atom stereocenters. The number of nitrogens with zero attached hydrogens (tertiary/aromatic N) is 1. The number of benzene rings is 2. The number of nitrogens with one attached hydrogen (secondary N) is 2. The lowest BCUT2D eigenvalue weighted by Gasteiger charge is -2.06. The number of rotatable bonds is 3. The second-order valence-corrected chi connectivity index (χ2v) is 5.13. The third kappa shape index (κ3) is 4.48. The predicted molar refractivity (Wildman–Crippen MR) is 87.4 cm³/mol. The van der Waals surface area contributed by atoms with Crippen molar-refractivity contribution in [2.45, 2.75) is 6.92 Å². The van der Waals surface area contributed by atoms with Gasteiger partial charge in [-0.15, -0.1) is 0 Å². The number of anilines is 1. The number of hydrazone groups is 1. The van der Waals surface area contributed by atoms with E-state index in [2.05, 4.69) is 15.8 Å². The molecule has 2 aromatic carbocycles. The summed E-state index contributed by atoms with van der Waals surface area (Å²) in [6.45, 7) is 1.91. The third-order valence-corrected chi connectivity index (χ3v) is 3.46. The zero-order valence-corrected chi connectivity index (χ0v) is 12.7.